The van der Waals surface area contributed by atoms with Crippen LogP contribution in [0.2, 0.25) is 0 Å². The molecule has 0 aliphatic carbocycles. The van der Waals surface area contributed by atoms with Crippen molar-refractivity contribution < 1.29 is 19.2 Å². The van der Waals surface area contributed by atoms with E-state index in [0.717, 1.165) is 0 Å². The van der Waals surface area contributed by atoms with Crippen molar-refractivity contribution in [1.82, 2.24) is 0 Å². The predicted octanol–water partition coefficient (Wildman–Crippen LogP) is 3.05. The van der Waals surface area contributed by atoms with Crippen LogP contribution in [-0.2, 0) is 4.79 Å². The van der Waals surface area contributed by atoms with Crippen molar-refractivity contribution in [2.24, 2.45) is 0 Å². The monoisotopic (exact) mass is 345 g/mol. The van der Waals surface area contributed by atoms with Crippen molar-refractivity contribution in [1.29, 1.82) is 0 Å². The average molecular weight is 345 g/mol. The van der Waals surface area contributed by atoms with E-state index in [1.807, 2.05) is 19.1 Å². The standard InChI is InChI=1S/C17H19N3O5/c1-3-25-16-7-5-4-6-13(16)18-11-17(21)19-14-10-12(20(22)23)8-9-15(14)24-2/h4-10,18H,3,11H2,1-2H3,(H,19,21). The van der Waals surface area contributed by atoms with Gasteiger partial charge in [-0.25, -0.2) is 0 Å². The smallest absolute Gasteiger partial charge is 0.271 e. The van der Waals surface area contributed by atoms with E-state index in [2.05, 4.69) is 10.6 Å². The summed E-state index contributed by atoms with van der Waals surface area (Å²) in [5.74, 6) is 0.615. The molecule has 0 unspecified atom stereocenters. The lowest BCUT2D eigenvalue weighted by atomic mass is 10.2. The lowest BCUT2D eigenvalue weighted by Gasteiger charge is -2.13. The number of carbonyl (C=O) groups is 1. The van der Waals surface area contributed by atoms with Crippen molar-refractivity contribution in [3.05, 3.63) is 52.6 Å². The number of rotatable bonds is 8. The number of nitro benzene ring substituents is 1. The van der Waals surface area contributed by atoms with E-state index >= 15 is 0 Å². The van der Waals surface area contributed by atoms with Crippen LogP contribution < -0.4 is 20.1 Å². The minimum Gasteiger partial charge on any atom is -0.495 e. The van der Waals surface area contributed by atoms with Crippen LogP contribution in [0.3, 0.4) is 0 Å². The molecule has 0 aliphatic heterocycles. The van der Waals surface area contributed by atoms with Crippen LogP contribution in [-0.4, -0.2) is 31.1 Å². The minimum absolute atomic E-state index is 0.0318. The molecule has 0 saturated carbocycles. The van der Waals surface area contributed by atoms with Gasteiger partial charge in [0.25, 0.3) is 5.69 Å². The Kier molecular flexibility index (Phi) is 6.16. The summed E-state index contributed by atoms with van der Waals surface area (Å²) in [5.41, 5.74) is 0.790. The maximum absolute atomic E-state index is 12.2. The van der Waals surface area contributed by atoms with Gasteiger partial charge in [0, 0.05) is 12.1 Å². The van der Waals surface area contributed by atoms with Crippen molar-refractivity contribution in [3.8, 4) is 11.5 Å². The summed E-state index contributed by atoms with van der Waals surface area (Å²) in [4.78, 5) is 22.5. The zero-order valence-electron chi connectivity index (χ0n) is 13.9. The van der Waals surface area contributed by atoms with E-state index in [0.29, 0.717) is 23.8 Å². The lowest BCUT2D eigenvalue weighted by Crippen LogP contribution is -2.22. The number of anilines is 2. The Bertz CT molecular complexity index is 764. The Morgan fingerprint density at radius 1 is 1.16 bits per heavy atom. The second-order valence-corrected chi connectivity index (χ2v) is 4.97. The number of nitro groups is 1. The van der Waals surface area contributed by atoms with E-state index in [1.54, 1.807) is 12.1 Å². The molecule has 0 radical (unpaired) electrons. The molecule has 8 heteroatoms. The largest absolute Gasteiger partial charge is 0.495 e. The number of benzene rings is 2. The molecular formula is C17H19N3O5. The predicted molar refractivity (Wildman–Crippen MR) is 94.4 cm³/mol. The highest BCUT2D eigenvalue weighted by Gasteiger charge is 2.14. The molecule has 0 heterocycles. The Balaban J connectivity index is 2.05. The lowest BCUT2D eigenvalue weighted by molar-refractivity contribution is -0.384. The zero-order chi connectivity index (χ0) is 18.2. The second kappa shape index (κ2) is 8.53. The van der Waals surface area contributed by atoms with E-state index in [-0.39, 0.29) is 23.8 Å². The van der Waals surface area contributed by atoms with Crippen LogP contribution in [0.25, 0.3) is 0 Å². The molecular weight excluding hydrogens is 326 g/mol. The molecule has 2 aromatic rings. The highest BCUT2D eigenvalue weighted by molar-refractivity contribution is 5.95. The van der Waals surface area contributed by atoms with Gasteiger partial charge in [0.05, 0.1) is 36.6 Å². The molecule has 0 saturated heterocycles. The van der Waals surface area contributed by atoms with Gasteiger partial charge >= 0.3 is 0 Å². The number of nitrogens with zero attached hydrogens (tertiary/aromatic N) is 1. The van der Waals surface area contributed by atoms with Crippen LogP contribution in [0, 0.1) is 10.1 Å². The van der Waals surface area contributed by atoms with E-state index in [9.17, 15) is 14.9 Å². The number of hydrogen-bond donors (Lipinski definition) is 2. The molecule has 0 bridgehead atoms. The number of nitrogens with one attached hydrogen (secondary N) is 2. The quantitative estimate of drug-likeness (QED) is 0.563. The van der Waals surface area contributed by atoms with E-state index in [1.165, 1.54) is 25.3 Å². The summed E-state index contributed by atoms with van der Waals surface area (Å²) in [7, 11) is 1.42. The van der Waals surface area contributed by atoms with Crippen LogP contribution in [0.1, 0.15) is 6.92 Å². The Hall–Kier alpha value is -3.29. The first kappa shape index (κ1) is 18.1. The molecule has 0 aliphatic rings. The molecule has 0 spiro atoms. The number of methoxy groups -OCH3 is 1. The van der Waals surface area contributed by atoms with Gasteiger partial charge in [0.2, 0.25) is 5.91 Å². The molecule has 0 fully saturated rings. The summed E-state index contributed by atoms with van der Waals surface area (Å²) < 4.78 is 10.6. The first-order valence-corrected chi connectivity index (χ1v) is 7.63. The first-order valence-electron chi connectivity index (χ1n) is 7.63. The van der Waals surface area contributed by atoms with Gasteiger partial charge in [-0.1, -0.05) is 12.1 Å². The third-order valence-corrected chi connectivity index (χ3v) is 3.29. The summed E-state index contributed by atoms with van der Waals surface area (Å²) in [6, 6.07) is 11.3. The molecule has 2 rings (SSSR count). The maximum atomic E-state index is 12.2. The fraction of sp³-hybridized carbons (Fsp3) is 0.235. The Morgan fingerprint density at radius 3 is 2.60 bits per heavy atom. The van der Waals surface area contributed by atoms with Crippen molar-refractivity contribution in [2.75, 3.05) is 30.9 Å². The summed E-state index contributed by atoms with van der Waals surface area (Å²) in [5, 5.41) is 16.5. The highest BCUT2D eigenvalue weighted by Crippen LogP contribution is 2.29. The average Bonchev–Trinajstić information content (AvgIpc) is 2.61. The van der Waals surface area contributed by atoms with Crippen LogP contribution in [0.4, 0.5) is 17.1 Å². The first-order chi connectivity index (χ1) is 12.0. The van der Waals surface area contributed by atoms with Crippen molar-refractivity contribution >= 4 is 23.0 Å². The van der Waals surface area contributed by atoms with E-state index < -0.39 is 4.92 Å². The number of amides is 1. The molecule has 0 atom stereocenters. The molecule has 132 valence electrons. The van der Waals surface area contributed by atoms with Crippen molar-refractivity contribution in [3.63, 3.8) is 0 Å². The summed E-state index contributed by atoms with van der Waals surface area (Å²) in [6.07, 6.45) is 0. The summed E-state index contributed by atoms with van der Waals surface area (Å²) >= 11 is 0. The van der Waals surface area contributed by atoms with Crippen molar-refractivity contribution in [2.45, 2.75) is 6.92 Å². The fourth-order valence-corrected chi connectivity index (χ4v) is 2.17. The van der Waals surface area contributed by atoms with Gasteiger partial charge in [0.1, 0.15) is 11.5 Å². The van der Waals surface area contributed by atoms with Gasteiger partial charge in [-0.05, 0) is 25.1 Å². The molecule has 8 nitrogen and oxygen atoms in total. The third kappa shape index (κ3) is 4.84. The Labute approximate surface area is 144 Å². The molecule has 25 heavy (non-hydrogen) atoms. The van der Waals surface area contributed by atoms with Crippen LogP contribution >= 0.6 is 0 Å². The fourth-order valence-electron chi connectivity index (χ4n) is 2.17. The second-order valence-electron chi connectivity index (χ2n) is 4.97. The van der Waals surface area contributed by atoms with Gasteiger partial charge in [-0.3, -0.25) is 14.9 Å². The van der Waals surface area contributed by atoms with Crippen LogP contribution in [0.15, 0.2) is 42.5 Å². The van der Waals surface area contributed by atoms with E-state index in [4.69, 9.17) is 9.47 Å². The Morgan fingerprint density at radius 2 is 1.92 bits per heavy atom. The number of para-hydroxylation sites is 2. The highest BCUT2D eigenvalue weighted by atomic mass is 16.6. The van der Waals surface area contributed by atoms with Gasteiger partial charge in [0.15, 0.2) is 0 Å². The summed E-state index contributed by atoms with van der Waals surface area (Å²) in [6.45, 7) is 2.35. The van der Waals surface area contributed by atoms with Gasteiger partial charge < -0.3 is 20.1 Å². The molecule has 2 N–H and O–H groups in total. The third-order valence-electron chi connectivity index (χ3n) is 3.29. The number of carbonyl (C=O) groups excluding carboxylic acids is 1. The SMILES string of the molecule is CCOc1ccccc1NCC(=O)Nc1cc([N+](=O)[O-])ccc1OC. The molecule has 0 aromatic heterocycles. The molecule has 1 amide bonds. The normalized spacial score (nSPS) is 10.0. The number of ether oxygens (including phenoxy) is 2. The van der Waals surface area contributed by atoms with Gasteiger partial charge in [-0.15, -0.1) is 0 Å². The molecule has 2 aromatic carbocycles. The minimum atomic E-state index is -0.536. The number of non-ortho nitro benzene ring substituents is 1. The number of hydrogen-bond acceptors (Lipinski definition) is 6. The topological polar surface area (TPSA) is 103 Å². The maximum Gasteiger partial charge on any atom is 0.271 e. The zero-order valence-corrected chi connectivity index (χ0v) is 13.9. The van der Waals surface area contributed by atoms with Crippen LogP contribution in [0.5, 0.6) is 11.5 Å². The van der Waals surface area contributed by atoms with Gasteiger partial charge in [-0.2, -0.15) is 0 Å².